The van der Waals surface area contributed by atoms with Crippen LogP contribution in [0.25, 0.3) is 0 Å². The number of hydrogen-bond donors (Lipinski definition) is 1. The summed E-state index contributed by atoms with van der Waals surface area (Å²) in [5.74, 6) is 1.30. The molecule has 5 heteroatoms. The molecule has 2 atom stereocenters. The van der Waals surface area contributed by atoms with E-state index in [1.165, 1.54) is 19.3 Å². The van der Waals surface area contributed by atoms with Crippen molar-refractivity contribution < 1.29 is 9.53 Å². The Balaban J connectivity index is 1.66. The minimum Gasteiger partial charge on any atom is -0.492 e. The van der Waals surface area contributed by atoms with E-state index in [1.54, 1.807) is 18.2 Å². The number of amides is 1. The molecule has 1 amide bonds. The lowest BCUT2D eigenvalue weighted by atomic mass is 9.86. The Labute approximate surface area is 142 Å². The summed E-state index contributed by atoms with van der Waals surface area (Å²) in [4.78, 5) is 12.0. The van der Waals surface area contributed by atoms with Gasteiger partial charge in [0.25, 0.3) is 0 Å². The lowest BCUT2D eigenvalue weighted by Crippen LogP contribution is -2.41. The minimum atomic E-state index is 0.115. The van der Waals surface area contributed by atoms with Crippen molar-refractivity contribution in [3.05, 3.63) is 28.2 Å². The van der Waals surface area contributed by atoms with Crippen molar-refractivity contribution in [2.75, 3.05) is 6.61 Å². The van der Waals surface area contributed by atoms with Crippen LogP contribution in [-0.4, -0.2) is 18.6 Å². The molecule has 0 aromatic heterocycles. The van der Waals surface area contributed by atoms with Gasteiger partial charge in [-0.05, 0) is 43.4 Å². The molecule has 3 nitrogen and oxygen atoms in total. The van der Waals surface area contributed by atoms with Crippen LogP contribution in [0.15, 0.2) is 18.2 Å². The van der Waals surface area contributed by atoms with Crippen LogP contribution in [0, 0.1) is 5.92 Å². The molecular weight excluding hydrogens is 321 g/mol. The van der Waals surface area contributed by atoms with Gasteiger partial charge in [0, 0.05) is 17.5 Å². The van der Waals surface area contributed by atoms with Crippen molar-refractivity contribution in [3.63, 3.8) is 0 Å². The van der Waals surface area contributed by atoms with E-state index in [-0.39, 0.29) is 5.91 Å². The summed E-state index contributed by atoms with van der Waals surface area (Å²) in [7, 11) is 0. The first kappa shape index (κ1) is 17.4. The van der Waals surface area contributed by atoms with Gasteiger partial charge >= 0.3 is 0 Å². The fraction of sp³-hybridized carbons (Fsp3) is 0.588. The molecule has 0 heterocycles. The Morgan fingerprint density at radius 3 is 2.82 bits per heavy atom. The summed E-state index contributed by atoms with van der Waals surface area (Å²) in [6.45, 7) is 2.69. The Hall–Kier alpha value is -0.930. The van der Waals surface area contributed by atoms with E-state index in [2.05, 4.69) is 12.2 Å². The second-order valence-electron chi connectivity index (χ2n) is 5.96. The van der Waals surface area contributed by atoms with E-state index in [4.69, 9.17) is 27.9 Å². The van der Waals surface area contributed by atoms with Crippen molar-refractivity contribution in [3.8, 4) is 5.75 Å². The third kappa shape index (κ3) is 5.36. The average Bonchev–Trinajstić information content (AvgIpc) is 2.48. The first-order valence-corrected chi connectivity index (χ1v) is 8.69. The molecular formula is C17H23Cl2NO2. The number of ether oxygens (including phenoxy) is 1. The van der Waals surface area contributed by atoms with Crippen LogP contribution in [0.3, 0.4) is 0 Å². The highest BCUT2D eigenvalue weighted by Gasteiger charge is 2.22. The molecule has 2 unspecified atom stereocenters. The highest BCUT2D eigenvalue weighted by Crippen LogP contribution is 2.27. The van der Waals surface area contributed by atoms with Gasteiger partial charge in [0.1, 0.15) is 5.75 Å². The van der Waals surface area contributed by atoms with Gasteiger partial charge in [0.2, 0.25) is 5.91 Å². The van der Waals surface area contributed by atoms with E-state index in [9.17, 15) is 4.79 Å². The molecule has 1 aliphatic rings. The highest BCUT2D eigenvalue weighted by atomic mass is 35.5. The molecule has 0 spiro atoms. The molecule has 1 aliphatic carbocycles. The molecule has 1 saturated carbocycles. The normalized spacial score (nSPS) is 21.4. The summed E-state index contributed by atoms with van der Waals surface area (Å²) in [5, 5.41) is 4.22. The largest absolute Gasteiger partial charge is 0.492 e. The second-order valence-corrected chi connectivity index (χ2v) is 6.81. The third-order valence-electron chi connectivity index (χ3n) is 4.16. The van der Waals surface area contributed by atoms with Crippen molar-refractivity contribution >= 4 is 29.1 Å². The fourth-order valence-corrected chi connectivity index (χ4v) is 3.28. The predicted octanol–water partition coefficient (Wildman–Crippen LogP) is 4.85. The zero-order chi connectivity index (χ0) is 15.9. The van der Waals surface area contributed by atoms with Gasteiger partial charge in [-0.25, -0.2) is 0 Å². The number of benzene rings is 1. The van der Waals surface area contributed by atoms with E-state index in [0.29, 0.717) is 47.2 Å². The second kappa shape index (κ2) is 8.64. The maximum atomic E-state index is 12.0. The number of hydrogen-bond acceptors (Lipinski definition) is 2. The molecule has 0 radical (unpaired) electrons. The summed E-state index contributed by atoms with van der Waals surface area (Å²) in [5.41, 5.74) is 0. The topological polar surface area (TPSA) is 38.3 Å². The van der Waals surface area contributed by atoms with Crippen molar-refractivity contribution in [1.82, 2.24) is 5.32 Å². The van der Waals surface area contributed by atoms with Crippen LogP contribution < -0.4 is 10.1 Å². The molecule has 2 rings (SSSR count). The van der Waals surface area contributed by atoms with Crippen LogP contribution in [0.5, 0.6) is 5.75 Å². The smallest absolute Gasteiger partial charge is 0.220 e. The first-order chi connectivity index (χ1) is 10.6. The number of carbonyl (C=O) groups is 1. The third-order valence-corrected chi connectivity index (χ3v) is 4.69. The molecule has 0 aliphatic heterocycles. The van der Waals surface area contributed by atoms with Crippen LogP contribution in [0.1, 0.15) is 45.4 Å². The first-order valence-electron chi connectivity index (χ1n) is 7.93. The Morgan fingerprint density at radius 2 is 2.09 bits per heavy atom. The molecule has 1 N–H and O–H groups in total. The van der Waals surface area contributed by atoms with Crippen molar-refractivity contribution in [1.29, 1.82) is 0 Å². The van der Waals surface area contributed by atoms with Gasteiger partial charge in [-0.2, -0.15) is 0 Å². The maximum absolute atomic E-state index is 12.0. The zero-order valence-electron chi connectivity index (χ0n) is 12.9. The lowest BCUT2D eigenvalue weighted by molar-refractivity contribution is -0.122. The molecule has 1 aromatic rings. The lowest BCUT2D eigenvalue weighted by Gasteiger charge is -2.29. The van der Waals surface area contributed by atoms with Crippen LogP contribution >= 0.6 is 23.2 Å². The van der Waals surface area contributed by atoms with Gasteiger partial charge in [-0.3, -0.25) is 4.79 Å². The van der Waals surface area contributed by atoms with Crippen molar-refractivity contribution in [2.45, 2.75) is 51.5 Å². The number of rotatable bonds is 6. The van der Waals surface area contributed by atoms with Crippen LogP contribution in [0.4, 0.5) is 0 Å². The summed E-state index contributed by atoms with van der Waals surface area (Å²) < 4.78 is 5.58. The van der Waals surface area contributed by atoms with Gasteiger partial charge in [-0.1, -0.05) is 43.0 Å². The maximum Gasteiger partial charge on any atom is 0.220 e. The summed E-state index contributed by atoms with van der Waals surface area (Å²) >= 11 is 11.9. The van der Waals surface area contributed by atoms with Crippen LogP contribution in [0.2, 0.25) is 10.0 Å². The van der Waals surface area contributed by atoms with E-state index >= 15 is 0 Å². The minimum absolute atomic E-state index is 0.115. The summed E-state index contributed by atoms with van der Waals surface area (Å²) in [6.07, 6.45) is 5.96. The van der Waals surface area contributed by atoms with Gasteiger partial charge < -0.3 is 10.1 Å². The monoisotopic (exact) mass is 343 g/mol. The molecule has 122 valence electrons. The fourth-order valence-electron chi connectivity index (χ4n) is 2.82. The number of nitrogens with one attached hydrogen (secondary N) is 1. The van der Waals surface area contributed by atoms with E-state index in [1.807, 2.05) is 0 Å². The SMILES string of the molecule is CC1CCCCC1NC(=O)CCCOc1ccc(Cl)cc1Cl. The number of carbonyl (C=O) groups excluding carboxylic acids is 1. The average molecular weight is 344 g/mol. The van der Waals surface area contributed by atoms with Crippen LogP contribution in [-0.2, 0) is 4.79 Å². The summed E-state index contributed by atoms with van der Waals surface area (Å²) in [6, 6.07) is 5.47. The molecule has 1 fully saturated rings. The van der Waals surface area contributed by atoms with Gasteiger partial charge in [0.15, 0.2) is 0 Å². The van der Waals surface area contributed by atoms with E-state index in [0.717, 1.165) is 6.42 Å². The molecule has 22 heavy (non-hydrogen) atoms. The quantitative estimate of drug-likeness (QED) is 0.750. The van der Waals surface area contributed by atoms with E-state index < -0.39 is 0 Å². The zero-order valence-corrected chi connectivity index (χ0v) is 14.4. The Morgan fingerprint density at radius 1 is 1.32 bits per heavy atom. The predicted molar refractivity (Wildman–Crippen MR) is 90.8 cm³/mol. The van der Waals surface area contributed by atoms with Gasteiger partial charge in [0.05, 0.1) is 11.6 Å². The standard InChI is InChI=1S/C17H23Cl2NO2/c1-12-5-2-3-6-15(12)20-17(21)7-4-10-22-16-9-8-13(18)11-14(16)19/h8-9,11-12,15H,2-7,10H2,1H3,(H,20,21). The Bertz CT molecular complexity index is 507. The molecule has 1 aromatic carbocycles. The number of halogens is 2. The van der Waals surface area contributed by atoms with Gasteiger partial charge in [-0.15, -0.1) is 0 Å². The molecule has 0 bridgehead atoms. The van der Waals surface area contributed by atoms with Crippen molar-refractivity contribution in [2.24, 2.45) is 5.92 Å². The Kier molecular flexibility index (Phi) is 6.84. The highest BCUT2D eigenvalue weighted by molar-refractivity contribution is 6.35. The molecule has 0 saturated heterocycles.